The molecule has 140 valence electrons. The molecular weight excluding hydrogens is 380 g/mol. The highest BCUT2D eigenvalue weighted by Crippen LogP contribution is 2.20. The number of aromatic nitrogens is 1. The van der Waals surface area contributed by atoms with E-state index in [9.17, 15) is 9.59 Å². The van der Waals surface area contributed by atoms with Gasteiger partial charge in [0.15, 0.2) is 4.80 Å². The molecule has 1 aromatic heterocycles. The maximum absolute atomic E-state index is 12.3. The van der Waals surface area contributed by atoms with Crippen molar-refractivity contribution in [3.8, 4) is 0 Å². The molecule has 7 heteroatoms. The minimum atomic E-state index is -0.374. The minimum Gasteiger partial charge on any atom is -0.465 e. The number of aryl methyl sites for hydroxylation is 1. The number of rotatable bonds is 6. The Balaban J connectivity index is 1.79. The zero-order valence-electron chi connectivity index (χ0n) is 15.2. The fraction of sp³-hybridized carbons (Fsp3) is 0.250. The molecule has 3 aromatic rings. The minimum absolute atomic E-state index is 0.139. The van der Waals surface area contributed by atoms with Crippen LogP contribution in [0.3, 0.4) is 0 Å². The third kappa shape index (κ3) is 4.67. The summed E-state index contributed by atoms with van der Waals surface area (Å²) in [4.78, 5) is 30.1. The fourth-order valence-electron chi connectivity index (χ4n) is 2.64. The summed E-state index contributed by atoms with van der Waals surface area (Å²) in [5.74, 6) is 0.178. The number of ether oxygens (including phenoxy) is 1. The molecule has 1 heterocycles. The van der Waals surface area contributed by atoms with Crippen LogP contribution in [0, 0.1) is 0 Å². The van der Waals surface area contributed by atoms with E-state index in [1.54, 1.807) is 23.9 Å². The summed E-state index contributed by atoms with van der Waals surface area (Å²) in [6.45, 7) is 2.71. The van der Waals surface area contributed by atoms with Gasteiger partial charge in [-0.15, -0.1) is 11.8 Å². The first-order valence-corrected chi connectivity index (χ1v) is 10.4. The van der Waals surface area contributed by atoms with E-state index >= 15 is 0 Å². The Morgan fingerprint density at radius 3 is 2.67 bits per heavy atom. The van der Waals surface area contributed by atoms with Crippen LogP contribution in [0.15, 0.2) is 58.4 Å². The predicted molar refractivity (Wildman–Crippen MR) is 109 cm³/mol. The van der Waals surface area contributed by atoms with E-state index < -0.39 is 0 Å². The van der Waals surface area contributed by atoms with Crippen molar-refractivity contribution >= 4 is 45.2 Å². The van der Waals surface area contributed by atoms with Gasteiger partial charge in [-0.2, -0.15) is 4.99 Å². The molecular formula is C20H20N2O3S2. The molecule has 0 aliphatic carbocycles. The summed E-state index contributed by atoms with van der Waals surface area (Å²) in [7, 11) is 1.36. The Morgan fingerprint density at radius 1 is 1.19 bits per heavy atom. The first-order valence-electron chi connectivity index (χ1n) is 8.59. The van der Waals surface area contributed by atoms with E-state index in [0.717, 1.165) is 15.1 Å². The van der Waals surface area contributed by atoms with E-state index in [1.807, 2.05) is 47.9 Å². The summed E-state index contributed by atoms with van der Waals surface area (Å²) in [6.07, 6.45) is 0.380. The smallest absolute Gasteiger partial charge is 0.337 e. The van der Waals surface area contributed by atoms with Crippen LogP contribution >= 0.6 is 23.1 Å². The maximum Gasteiger partial charge on any atom is 0.337 e. The summed E-state index contributed by atoms with van der Waals surface area (Å²) in [5, 5.41) is 0. The number of thioether (sulfide) groups is 1. The molecule has 0 N–H and O–H groups in total. The van der Waals surface area contributed by atoms with Gasteiger partial charge in [0.25, 0.3) is 0 Å². The van der Waals surface area contributed by atoms with Crippen LogP contribution in [0.5, 0.6) is 0 Å². The number of carbonyl (C=O) groups is 2. The van der Waals surface area contributed by atoms with Crippen LogP contribution in [-0.2, 0) is 16.1 Å². The Kier molecular flexibility index (Phi) is 6.47. The molecule has 5 nitrogen and oxygen atoms in total. The fourth-order valence-corrected chi connectivity index (χ4v) is 4.66. The number of methoxy groups -OCH3 is 1. The molecule has 0 fully saturated rings. The van der Waals surface area contributed by atoms with Crippen LogP contribution < -0.4 is 4.80 Å². The first kappa shape index (κ1) is 19.4. The number of esters is 1. The van der Waals surface area contributed by atoms with Crippen molar-refractivity contribution in [3.63, 3.8) is 0 Å². The maximum atomic E-state index is 12.3. The average molecular weight is 401 g/mol. The standard InChI is InChI=1S/C20H20N2O3S2/c1-3-22-16-10-9-14(19(24)25-2)13-17(16)27-20(22)21-18(23)11-12-26-15-7-5-4-6-8-15/h4-10,13H,3,11-12H2,1-2H3. The number of fused-ring (bicyclic) bond motifs is 1. The lowest BCUT2D eigenvalue weighted by Crippen LogP contribution is -2.16. The van der Waals surface area contributed by atoms with E-state index in [2.05, 4.69) is 4.99 Å². The van der Waals surface area contributed by atoms with Gasteiger partial charge < -0.3 is 9.30 Å². The number of hydrogen-bond acceptors (Lipinski definition) is 5. The molecule has 0 atom stereocenters. The molecule has 0 saturated heterocycles. The van der Waals surface area contributed by atoms with E-state index in [4.69, 9.17) is 4.74 Å². The van der Waals surface area contributed by atoms with Crippen LogP contribution in [0.1, 0.15) is 23.7 Å². The third-order valence-corrected chi connectivity index (χ3v) is 6.02. The van der Waals surface area contributed by atoms with Crippen LogP contribution in [-0.4, -0.2) is 29.3 Å². The zero-order chi connectivity index (χ0) is 19.2. The Bertz CT molecular complexity index is 1020. The molecule has 0 bridgehead atoms. The van der Waals surface area contributed by atoms with Crippen molar-refractivity contribution < 1.29 is 14.3 Å². The van der Waals surface area contributed by atoms with Gasteiger partial charge in [-0.1, -0.05) is 29.5 Å². The van der Waals surface area contributed by atoms with Gasteiger partial charge >= 0.3 is 5.97 Å². The van der Waals surface area contributed by atoms with Gasteiger partial charge in [0.2, 0.25) is 5.91 Å². The Morgan fingerprint density at radius 2 is 1.96 bits per heavy atom. The molecule has 0 aliphatic heterocycles. The molecule has 3 rings (SSSR count). The second kappa shape index (κ2) is 9.01. The molecule has 0 unspecified atom stereocenters. The number of benzene rings is 2. The SMILES string of the molecule is CCn1c(=NC(=O)CCSc2ccccc2)sc2cc(C(=O)OC)ccc21. The second-order valence-electron chi connectivity index (χ2n) is 5.72. The van der Waals surface area contributed by atoms with E-state index in [0.29, 0.717) is 29.1 Å². The number of thiazole rings is 1. The molecule has 27 heavy (non-hydrogen) atoms. The number of amides is 1. The first-order chi connectivity index (χ1) is 13.1. The lowest BCUT2D eigenvalue weighted by Gasteiger charge is -2.02. The van der Waals surface area contributed by atoms with Crippen LogP contribution in [0.25, 0.3) is 10.2 Å². The highest BCUT2D eigenvalue weighted by molar-refractivity contribution is 7.99. The zero-order valence-corrected chi connectivity index (χ0v) is 16.8. The van der Waals surface area contributed by atoms with Crippen LogP contribution in [0.2, 0.25) is 0 Å². The van der Waals surface area contributed by atoms with Gasteiger partial charge in [0.1, 0.15) is 0 Å². The molecule has 1 amide bonds. The average Bonchev–Trinajstić information content (AvgIpc) is 3.04. The molecule has 0 radical (unpaired) electrons. The van der Waals surface area contributed by atoms with Gasteiger partial charge in [-0.25, -0.2) is 4.79 Å². The largest absolute Gasteiger partial charge is 0.465 e. The summed E-state index contributed by atoms with van der Waals surface area (Å²) in [5.41, 5.74) is 1.45. The monoisotopic (exact) mass is 400 g/mol. The van der Waals surface area contributed by atoms with Crippen molar-refractivity contribution in [1.29, 1.82) is 0 Å². The van der Waals surface area contributed by atoms with Gasteiger partial charge in [0, 0.05) is 23.6 Å². The number of hydrogen-bond donors (Lipinski definition) is 0. The quantitative estimate of drug-likeness (QED) is 0.461. The number of nitrogens with zero attached hydrogens (tertiary/aromatic N) is 2. The summed E-state index contributed by atoms with van der Waals surface area (Å²) in [6, 6.07) is 15.4. The van der Waals surface area contributed by atoms with Gasteiger partial charge in [-0.05, 0) is 37.3 Å². The van der Waals surface area contributed by atoms with Crippen LogP contribution in [0.4, 0.5) is 0 Å². The topological polar surface area (TPSA) is 60.7 Å². The van der Waals surface area contributed by atoms with Gasteiger partial charge in [0.05, 0.1) is 22.9 Å². The Hall–Kier alpha value is -2.38. The summed E-state index contributed by atoms with van der Waals surface area (Å²) < 4.78 is 7.67. The Labute approximate surface area is 165 Å². The van der Waals surface area contributed by atoms with Crippen molar-refractivity contribution in [1.82, 2.24) is 4.57 Å². The predicted octanol–water partition coefficient (Wildman–Crippen LogP) is 4.12. The lowest BCUT2D eigenvalue weighted by atomic mass is 10.2. The number of carbonyl (C=O) groups excluding carboxylic acids is 2. The van der Waals surface area contributed by atoms with E-state index in [1.165, 1.54) is 18.4 Å². The molecule has 2 aromatic carbocycles. The van der Waals surface area contributed by atoms with E-state index in [-0.39, 0.29) is 11.9 Å². The van der Waals surface area contributed by atoms with Crippen molar-refractivity contribution in [2.75, 3.05) is 12.9 Å². The molecule has 0 aliphatic rings. The molecule has 0 spiro atoms. The normalized spacial score (nSPS) is 11.7. The highest BCUT2D eigenvalue weighted by Gasteiger charge is 2.11. The van der Waals surface area contributed by atoms with Crippen molar-refractivity contribution in [2.24, 2.45) is 4.99 Å². The second-order valence-corrected chi connectivity index (χ2v) is 7.90. The molecule has 0 saturated carbocycles. The van der Waals surface area contributed by atoms with Crippen molar-refractivity contribution in [3.05, 3.63) is 58.9 Å². The van der Waals surface area contributed by atoms with Gasteiger partial charge in [-0.3, -0.25) is 4.79 Å². The third-order valence-electron chi connectivity index (χ3n) is 3.97. The van der Waals surface area contributed by atoms with Crippen molar-refractivity contribution in [2.45, 2.75) is 24.8 Å². The lowest BCUT2D eigenvalue weighted by molar-refractivity contribution is -0.117. The summed E-state index contributed by atoms with van der Waals surface area (Å²) >= 11 is 3.06. The highest BCUT2D eigenvalue weighted by atomic mass is 32.2.